The van der Waals surface area contributed by atoms with Crippen LogP contribution in [0.15, 0.2) is 0 Å². The summed E-state index contributed by atoms with van der Waals surface area (Å²) in [6.07, 6.45) is 2.44. The van der Waals surface area contributed by atoms with Crippen LogP contribution in [0.2, 0.25) is 0 Å². The van der Waals surface area contributed by atoms with Gasteiger partial charge in [-0.3, -0.25) is 4.90 Å². The summed E-state index contributed by atoms with van der Waals surface area (Å²) >= 11 is 0. The molecule has 6 heteroatoms. The molecule has 2 unspecified atom stereocenters. The normalized spacial score (nSPS) is 32.6. The summed E-state index contributed by atoms with van der Waals surface area (Å²) in [5.41, 5.74) is 0. The van der Waals surface area contributed by atoms with E-state index in [1.54, 1.807) is 11.2 Å². The molecule has 2 aliphatic rings. The lowest BCUT2D eigenvalue weighted by Gasteiger charge is -2.43. The number of morpholine rings is 1. The maximum Gasteiger partial charge on any atom is 0.213 e. The van der Waals surface area contributed by atoms with E-state index in [-0.39, 0.29) is 18.0 Å². The Bertz CT molecular complexity index is 381. The molecule has 0 spiro atoms. The molecule has 0 aromatic heterocycles. The Morgan fingerprint density at radius 2 is 1.63 bits per heavy atom. The topological polar surface area (TPSA) is 49.9 Å². The van der Waals surface area contributed by atoms with Crippen LogP contribution >= 0.6 is 0 Å². The van der Waals surface area contributed by atoms with Crippen molar-refractivity contribution in [2.45, 2.75) is 51.9 Å². The zero-order valence-corrected chi connectivity index (χ0v) is 13.0. The lowest BCUT2D eigenvalue weighted by atomic mass is 10.0. The van der Waals surface area contributed by atoms with Crippen molar-refractivity contribution in [3.05, 3.63) is 0 Å². The van der Waals surface area contributed by atoms with Gasteiger partial charge in [-0.25, -0.2) is 12.7 Å². The van der Waals surface area contributed by atoms with E-state index in [9.17, 15) is 8.42 Å². The van der Waals surface area contributed by atoms with Crippen molar-refractivity contribution < 1.29 is 13.2 Å². The fourth-order valence-corrected chi connectivity index (χ4v) is 4.32. The summed E-state index contributed by atoms with van der Waals surface area (Å²) in [6.45, 7) is 9.21. The average Bonchev–Trinajstić information content (AvgIpc) is 2.38. The summed E-state index contributed by atoms with van der Waals surface area (Å²) in [4.78, 5) is 2.48. The predicted molar refractivity (Wildman–Crippen MR) is 75.6 cm³/mol. The molecular weight excluding hydrogens is 264 g/mol. The van der Waals surface area contributed by atoms with Gasteiger partial charge in [0.1, 0.15) is 0 Å². The Kier molecular flexibility index (Phi) is 4.87. The zero-order valence-electron chi connectivity index (χ0n) is 12.2. The fraction of sp³-hybridized carbons (Fsp3) is 1.00. The second-order valence-corrected chi connectivity index (χ2v) is 8.00. The van der Waals surface area contributed by atoms with Gasteiger partial charge in [-0.1, -0.05) is 0 Å². The molecule has 0 aliphatic carbocycles. The summed E-state index contributed by atoms with van der Waals surface area (Å²) in [5.74, 6) is 0.212. The van der Waals surface area contributed by atoms with Gasteiger partial charge in [0, 0.05) is 32.2 Å². The van der Waals surface area contributed by atoms with Gasteiger partial charge < -0.3 is 4.74 Å². The molecule has 112 valence electrons. The summed E-state index contributed by atoms with van der Waals surface area (Å²) in [7, 11) is -3.01. The first kappa shape index (κ1) is 15.2. The Morgan fingerprint density at radius 3 is 2.11 bits per heavy atom. The van der Waals surface area contributed by atoms with E-state index < -0.39 is 10.0 Å². The third kappa shape index (κ3) is 3.68. The molecule has 2 atom stereocenters. The van der Waals surface area contributed by atoms with Crippen molar-refractivity contribution in [3.8, 4) is 0 Å². The average molecular weight is 290 g/mol. The molecule has 2 heterocycles. The molecular formula is C13H26N2O3S. The number of hydrogen-bond donors (Lipinski definition) is 0. The summed E-state index contributed by atoms with van der Waals surface area (Å²) in [6, 6.07) is 0.511. The molecule has 0 radical (unpaired) electrons. The minimum absolute atomic E-state index is 0.212. The van der Waals surface area contributed by atoms with Gasteiger partial charge >= 0.3 is 0 Å². The number of hydrogen-bond acceptors (Lipinski definition) is 4. The molecule has 2 fully saturated rings. The fourth-order valence-electron chi connectivity index (χ4n) is 3.18. The SMILES string of the molecule is CCS(=O)(=O)N1CCC(N2CC(C)OC(C)C2)CC1. The minimum atomic E-state index is -3.01. The van der Waals surface area contributed by atoms with E-state index in [1.165, 1.54) is 0 Å². The van der Waals surface area contributed by atoms with E-state index in [0.29, 0.717) is 19.1 Å². The number of sulfonamides is 1. The Balaban J connectivity index is 1.89. The van der Waals surface area contributed by atoms with Gasteiger partial charge in [0.05, 0.1) is 18.0 Å². The highest BCUT2D eigenvalue weighted by atomic mass is 32.2. The van der Waals surface area contributed by atoms with Crippen molar-refractivity contribution in [3.63, 3.8) is 0 Å². The van der Waals surface area contributed by atoms with E-state index in [1.807, 2.05) is 0 Å². The summed E-state index contributed by atoms with van der Waals surface area (Å²) < 4.78 is 31.1. The first-order valence-electron chi connectivity index (χ1n) is 7.29. The van der Waals surface area contributed by atoms with Crippen molar-refractivity contribution in [2.75, 3.05) is 31.9 Å². The molecule has 0 bridgehead atoms. The number of nitrogens with zero attached hydrogens (tertiary/aromatic N) is 2. The smallest absolute Gasteiger partial charge is 0.213 e. The Labute approximate surface area is 117 Å². The largest absolute Gasteiger partial charge is 0.373 e. The molecule has 0 amide bonds. The molecule has 2 aliphatic heterocycles. The van der Waals surface area contributed by atoms with E-state index in [0.717, 1.165) is 25.9 Å². The maximum atomic E-state index is 11.8. The van der Waals surface area contributed by atoms with Crippen LogP contribution in [0.1, 0.15) is 33.6 Å². The summed E-state index contributed by atoms with van der Waals surface area (Å²) in [5, 5.41) is 0. The number of ether oxygens (including phenoxy) is 1. The van der Waals surface area contributed by atoms with Crippen LogP contribution < -0.4 is 0 Å². The third-order valence-electron chi connectivity index (χ3n) is 4.15. The minimum Gasteiger partial charge on any atom is -0.373 e. The van der Waals surface area contributed by atoms with Gasteiger partial charge in [-0.2, -0.15) is 0 Å². The molecule has 5 nitrogen and oxygen atoms in total. The lowest BCUT2D eigenvalue weighted by molar-refractivity contribution is -0.0847. The lowest BCUT2D eigenvalue weighted by Crippen LogP contribution is -2.53. The molecule has 0 saturated carbocycles. The van der Waals surface area contributed by atoms with Crippen LogP contribution in [0.4, 0.5) is 0 Å². The molecule has 0 aromatic carbocycles. The standard InChI is InChI=1S/C13H26N2O3S/c1-4-19(16,17)15-7-5-13(6-8-15)14-9-11(2)18-12(3)10-14/h11-13H,4-10H2,1-3H3. The van der Waals surface area contributed by atoms with Crippen molar-refractivity contribution in [1.82, 2.24) is 9.21 Å². The monoisotopic (exact) mass is 290 g/mol. The molecule has 0 aromatic rings. The highest BCUT2D eigenvalue weighted by Crippen LogP contribution is 2.22. The van der Waals surface area contributed by atoms with Gasteiger partial charge in [-0.05, 0) is 33.6 Å². The molecule has 0 N–H and O–H groups in total. The van der Waals surface area contributed by atoms with Gasteiger partial charge in [0.25, 0.3) is 0 Å². The van der Waals surface area contributed by atoms with Gasteiger partial charge in [0.2, 0.25) is 10.0 Å². The Hall–Kier alpha value is -0.170. The third-order valence-corrected chi connectivity index (χ3v) is 6.03. The van der Waals surface area contributed by atoms with Crippen molar-refractivity contribution in [2.24, 2.45) is 0 Å². The first-order chi connectivity index (χ1) is 8.92. The number of rotatable bonds is 3. The Morgan fingerprint density at radius 1 is 1.11 bits per heavy atom. The highest BCUT2D eigenvalue weighted by Gasteiger charge is 2.32. The quantitative estimate of drug-likeness (QED) is 0.775. The van der Waals surface area contributed by atoms with Crippen molar-refractivity contribution >= 4 is 10.0 Å². The van der Waals surface area contributed by atoms with Crippen LogP contribution in [0.5, 0.6) is 0 Å². The van der Waals surface area contributed by atoms with Crippen LogP contribution in [-0.2, 0) is 14.8 Å². The first-order valence-corrected chi connectivity index (χ1v) is 8.90. The second-order valence-electron chi connectivity index (χ2n) is 5.74. The molecule has 2 saturated heterocycles. The van der Waals surface area contributed by atoms with Crippen LogP contribution in [0.3, 0.4) is 0 Å². The van der Waals surface area contributed by atoms with Crippen molar-refractivity contribution in [1.29, 1.82) is 0 Å². The van der Waals surface area contributed by atoms with Gasteiger partial charge in [-0.15, -0.1) is 0 Å². The second kappa shape index (κ2) is 6.08. The van der Waals surface area contributed by atoms with E-state index >= 15 is 0 Å². The van der Waals surface area contributed by atoms with Crippen LogP contribution in [0, 0.1) is 0 Å². The number of piperidine rings is 1. The highest BCUT2D eigenvalue weighted by molar-refractivity contribution is 7.89. The van der Waals surface area contributed by atoms with Gasteiger partial charge in [0.15, 0.2) is 0 Å². The molecule has 2 rings (SSSR count). The van der Waals surface area contributed by atoms with Crippen LogP contribution in [-0.4, -0.2) is 67.8 Å². The predicted octanol–water partition coefficient (Wildman–Crippen LogP) is 0.910. The zero-order chi connectivity index (χ0) is 14.0. The van der Waals surface area contributed by atoms with Crippen LogP contribution in [0.25, 0.3) is 0 Å². The molecule has 19 heavy (non-hydrogen) atoms. The maximum absolute atomic E-state index is 11.8. The van der Waals surface area contributed by atoms with E-state index in [4.69, 9.17) is 4.74 Å². The van der Waals surface area contributed by atoms with E-state index in [2.05, 4.69) is 18.7 Å².